The Bertz CT molecular complexity index is 423. The third-order valence-corrected chi connectivity index (χ3v) is 4.40. The fourth-order valence-electron chi connectivity index (χ4n) is 1.73. The molecular weight excluding hydrogens is 230 g/mol. The van der Waals surface area contributed by atoms with Gasteiger partial charge in [-0.15, -0.1) is 0 Å². The molecule has 90 valence electrons. The topological polar surface area (TPSA) is 75.3 Å². The van der Waals surface area contributed by atoms with Gasteiger partial charge in [0.25, 0.3) is 10.0 Å². The molecule has 0 saturated carbocycles. The molecule has 2 heterocycles. The second-order valence-corrected chi connectivity index (χ2v) is 5.85. The molecule has 1 saturated heterocycles. The van der Waals surface area contributed by atoms with Gasteiger partial charge < -0.3 is 4.74 Å². The Labute approximate surface area is 94.6 Å². The highest BCUT2D eigenvalue weighted by Crippen LogP contribution is 2.16. The Hall–Kier alpha value is -0.920. The molecule has 2 rings (SSSR count). The van der Waals surface area contributed by atoms with Crippen molar-refractivity contribution in [1.29, 1.82) is 0 Å². The predicted molar refractivity (Wildman–Crippen MR) is 57.4 cm³/mol. The second kappa shape index (κ2) is 4.52. The molecule has 1 atom stereocenters. The summed E-state index contributed by atoms with van der Waals surface area (Å²) in [4.78, 5) is 0. The maximum absolute atomic E-state index is 12.0. The first-order valence-corrected chi connectivity index (χ1v) is 6.62. The number of rotatable bonds is 4. The van der Waals surface area contributed by atoms with Gasteiger partial charge in [-0.05, 0) is 18.9 Å². The summed E-state index contributed by atoms with van der Waals surface area (Å²) in [5, 5.41) is 6.22. The average molecular weight is 245 g/mol. The van der Waals surface area contributed by atoms with Crippen LogP contribution in [0.2, 0.25) is 0 Å². The van der Waals surface area contributed by atoms with Crippen molar-refractivity contribution in [3.05, 3.63) is 12.3 Å². The quantitative estimate of drug-likeness (QED) is 0.822. The Morgan fingerprint density at radius 2 is 2.50 bits per heavy atom. The average Bonchev–Trinajstić information content (AvgIpc) is 2.89. The molecule has 1 aromatic heterocycles. The first-order valence-electron chi connectivity index (χ1n) is 5.18. The largest absolute Gasteiger partial charge is 0.377 e. The molecule has 1 aliphatic rings. The van der Waals surface area contributed by atoms with Crippen molar-refractivity contribution in [2.45, 2.75) is 24.0 Å². The number of nitrogens with zero attached hydrogens (tertiary/aromatic N) is 2. The molecule has 0 radical (unpaired) electrons. The molecule has 7 heteroatoms. The monoisotopic (exact) mass is 245 g/mol. The fraction of sp³-hybridized carbons (Fsp3) is 0.667. The van der Waals surface area contributed by atoms with Gasteiger partial charge in [0.2, 0.25) is 0 Å². The van der Waals surface area contributed by atoms with Crippen LogP contribution in [0, 0.1) is 0 Å². The van der Waals surface area contributed by atoms with Crippen molar-refractivity contribution < 1.29 is 13.2 Å². The molecular formula is C9H15N3O3S. The van der Waals surface area contributed by atoms with Gasteiger partial charge in [-0.3, -0.25) is 5.10 Å². The summed E-state index contributed by atoms with van der Waals surface area (Å²) in [5.41, 5.74) is 0. The van der Waals surface area contributed by atoms with E-state index in [1.165, 1.54) is 16.6 Å². The minimum Gasteiger partial charge on any atom is -0.377 e. The number of aromatic nitrogens is 2. The van der Waals surface area contributed by atoms with Gasteiger partial charge in [0, 0.05) is 20.2 Å². The molecule has 0 aromatic carbocycles. The molecule has 1 aromatic rings. The molecule has 16 heavy (non-hydrogen) atoms. The van der Waals surface area contributed by atoms with Crippen molar-refractivity contribution in [3.63, 3.8) is 0 Å². The van der Waals surface area contributed by atoms with E-state index < -0.39 is 10.0 Å². The van der Waals surface area contributed by atoms with Crippen molar-refractivity contribution in [2.24, 2.45) is 0 Å². The van der Waals surface area contributed by atoms with Crippen LogP contribution in [-0.4, -0.2) is 49.2 Å². The van der Waals surface area contributed by atoms with Gasteiger partial charge >= 0.3 is 0 Å². The maximum Gasteiger partial charge on any atom is 0.259 e. The Morgan fingerprint density at radius 3 is 3.06 bits per heavy atom. The molecule has 0 amide bonds. The summed E-state index contributed by atoms with van der Waals surface area (Å²) in [6.07, 6.45) is 3.36. The number of H-pyrrole nitrogens is 1. The van der Waals surface area contributed by atoms with E-state index >= 15 is 0 Å². The number of hydrogen-bond donors (Lipinski definition) is 1. The van der Waals surface area contributed by atoms with E-state index in [1.807, 2.05) is 0 Å². The summed E-state index contributed by atoms with van der Waals surface area (Å²) < 4.78 is 30.7. The van der Waals surface area contributed by atoms with E-state index in [2.05, 4.69) is 10.2 Å². The smallest absolute Gasteiger partial charge is 0.259 e. The summed E-state index contributed by atoms with van der Waals surface area (Å²) in [5.74, 6) is 0. The minimum atomic E-state index is -3.45. The van der Waals surface area contributed by atoms with Crippen LogP contribution in [0.15, 0.2) is 17.3 Å². The number of hydrogen-bond acceptors (Lipinski definition) is 4. The van der Waals surface area contributed by atoms with E-state index in [0.29, 0.717) is 6.54 Å². The van der Waals surface area contributed by atoms with Crippen molar-refractivity contribution in [3.8, 4) is 0 Å². The Morgan fingerprint density at radius 1 is 1.69 bits per heavy atom. The van der Waals surface area contributed by atoms with Gasteiger partial charge in [-0.2, -0.15) is 9.40 Å². The zero-order valence-corrected chi connectivity index (χ0v) is 9.90. The highest BCUT2D eigenvalue weighted by molar-refractivity contribution is 7.89. The summed E-state index contributed by atoms with van der Waals surface area (Å²) in [6.45, 7) is 1.12. The van der Waals surface area contributed by atoms with E-state index in [-0.39, 0.29) is 11.1 Å². The van der Waals surface area contributed by atoms with Crippen molar-refractivity contribution in [2.75, 3.05) is 20.2 Å². The van der Waals surface area contributed by atoms with Crippen LogP contribution in [0.5, 0.6) is 0 Å². The highest BCUT2D eigenvalue weighted by Gasteiger charge is 2.26. The molecule has 6 nitrogen and oxygen atoms in total. The number of nitrogens with one attached hydrogen (secondary N) is 1. The van der Waals surface area contributed by atoms with E-state index in [0.717, 1.165) is 19.4 Å². The van der Waals surface area contributed by atoms with Crippen LogP contribution in [0.1, 0.15) is 12.8 Å². The third kappa shape index (κ3) is 2.26. The SMILES string of the molecule is CN(CC1CCCO1)S(=O)(=O)c1ccn[nH]1. The van der Waals surface area contributed by atoms with Gasteiger partial charge in [-0.1, -0.05) is 0 Å². The highest BCUT2D eigenvalue weighted by atomic mass is 32.2. The molecule has 1 aliphatic heterocycles. The molecule has 1 fully saturated rings. The summed E-state index contributed by atoms with van der Waals surface area (Å²) >= 11 is 0. The molecule has 1 N–H and O–H groups in total. The van der Waals surface area contributed by atoms with Crippen LogP contribution in [-0.2, 0) is 14.8 Å². The lowest BCUT2D eigenvalue weighted by Crippen LogP contribution is -2.34. The number of sulfonamides is 1. The number of likely N-dealkylation sites (N-methyl/N-ethyl adjacent to an activating group) is 1. The molecule has 1 unspecified atom stereocenters. The van der Waals surface area contributed by atoms with Gasteiger partial charge in [0.1, 0.15) is 0 Å². The normalized spacial score (nSPS) is 21.8. The van der Waals surface area contributed by atoms with Gasteiger partial charge in [0.05, 0.1) is 12.3 Å². The van der Waals surface area contributed by atoms with Crippen LogP contribution >= 0.6 is 0 Å². The van der Waals surface area contributed by atoms with E-state index in [4.69, 9.17) is 4.74 Å². The van der Waals surface area contributed by atoms with Gasteiger partial charge in [-0.25, -0.2) is 8.42 Å². The molecule has 0 spiro atoms. The van der Waals surface area contributed by atoms with Gasteiger partial charge in [0.15, 0.2) is 5.03 Å². The van der Waals surface area contributed by atoms with E-state index in [1.54, 1.807) is 7.05 Å². The summed E-state index contributed by atoms with van der Waals surface area (Å²) in [6, 6.07) is 1.45. The first kappa shape index (κ1) is 11.6. The standard InChI is InChI=1S/C9H15N3O3S/c1-12(7-8-3-2-6-15-8)16(13,14)9-4-5-10-11-9/h4-5,8H,2-3,6-7H2,1H3,(H,10,11). The lowest BCUT2D eigenvalue weighted by atomic mass is 10.2. The summed E-state index contributed by atoms with van der Waals surface area (Å²) in [7, 11) is -1.89. The van der Waals surface area contributed by atoms with Crippen LogP contribution in [0.4, 0.5) is 0 Å². The third-order valence-electron chi connectivity index (χ3n) is 2.65. The molecule has 0 bridgehead atoms. The van der Waals surface area contributed by atoms with Crippen molar-refractivity contribution >= 4 is 10.0 Å². The lowest BCUT2D eigenvalue weighted by molar-refractivity contribution is 0.0978. The second-order valence-electron chi connectivity index (χ2n) is 3.84. The molecule has 0 aliphatic carbocycles. The minimum absolute atomic E-state index is 0.0164. The zero-order valence-electron chi connectivity index (χ0n) is 9.09. The van der Waals surface area contributed by atoms with Crippen molar-refractivity contribution in [1.82, 2.24) is 14.5 Å². The van der Waals surface area contributed by atoms with Crippen LogP contribution in [0.3, 0.4) is 0 Å². The van der Waals surface area contributed by atoms with E-state index in [9.17, 15) is 8.42 Å². The fourth-order valence-corrected chi connectivity index (χ4v) is 2.83. The number of aromatic amines is 1. The first-order chi connectivity index (χ1) is 7.60. The number of ether oxygens (including phenoxy) is 1. The zero-order chi connectivity index (χ0) is 11.6. The predicted octanol–water partition coefficient (Wildman–Crippen LogP) is 0.209. The van der Waals surface area contributed by atoms with Crippen LogP contribution < -0.4 is 0 Å². The lowest BCUT2D eigenvalue weighted by Gasteiger charge is -2.19. The Kier molecular flexibility index (Phi) is 3.27. The van der Waals surface area contributed by atoms with Crippen LogP contribution in [0.25, 0.3) is 0 Å². The maximum atomic E-state index is 12.0. The Balaban J connectivity index is 2.06.